The molecule has 1 spiro atoms. The van der Waals surface area contributed by atoms with Crippen LogP contribution in [0, 0.1) is 17.3 Å². The molecule has 0 aromatic heterocycles. The second-order valence-electron chi connectivity index (χ2n) is 6.31. The predicted octanol–water partition coefficient (Wildman–Crippen LogP) is 3.39. The van der Waals surface area contributed by atoms with Gasteiger partial charge in [-0.25, -0.2) is 0 Å². The lowest BCUT2D eigenvalue weighted by Gasteiger charge is -2.39. The van der Waals surface area contributed by atoms with Crippen LogP contribution in [0.4, 0.5) is 0 Å². The monoisotopic (exact) mass is 250 g/mol. The zero-order chi connectivity index (χ0) is 13.3. The van der Waals surface area contributed by atoms with Crippen LogP contribution in [0.1, 0.15) is 52.9 Å². The zero-order valence-corrected chi connectivity index (χ0v) is 12.6. The summed E-state index contributed by atoms with van der Waals surface area (Å²) < 4.78 is 0. The largest absolute Gasteiger partial charge is 0.402 e. The molecular formula is C16H30N2. The molecule has 0 amide bonds. The average Bonchev–Trinajstić information content (AvgIpc) is 3.20. The summed E-state index contributed by atoms with van der Waals surface area (Å²) in [7, 11) is 2.24. The van der Waals surface area contributed by atoms with E-state index in [1.54, 1.807) is 5.57 Å². The average molecular weight is 250 g/mol. The van der Waals surface area contributed by atoms with Crippen LogP contribution in [-0.4, -0.2) is 25.0 Å². The van der Waals surface area contributed by atoms with E-state index in [1.807, 2.05) is 13.8 Å². The molecule has 2 N–H and O–H groups in total. The number of nitrogens with two attached hydrogens (primary N) is 1. The first kappa shape index (κ1) is 13.9. The van der Waals surface area contributed by atoms with E-state index in [4.69, 9.17) is 5.73 Å². The summed E-state index contributed by atoms with van der Waals surface area (Å²) in [5.41, 5.74) is 9.68. The molecule has 2 fully saturated rings. The second-order valence-corrected chi connectivity index (χ2v) is 6.31. The molecule has 104 valence electrons. The zero-order valence-electron chi connectivity index (χ0n) is 12.6. The lowest BCUT2D eigenvalue weighted by atomic mass is 9.72. The van der Waals surface area contributed by atoms with Gasteiger partial charge in [0.2, 0.25) is 0 Å². The Morgan fingerprint density at radius 1 is 1.17 bits per heavy atom. The fourth-order valence-electron chi connectivity index (χ4n) is 3.81. The first-order valence-corrected chi connectivity index (χ1v) is 7.78. The van der Waals surface area contributed by atoms with Crippen molar-refractivity contribution in [1.82, 2.24) is 4.90 Å². The van der Waals surface area contributed by atoms with Crippen LogP contribution in [0.5, 0.6) is 0 Å². The highest BCUT2D eigenvalue weighted by Gasteiger charge is 2.48. The van der Waals surface area contributed by atoms with Crippen LogP contribution < -0.4 is 5.73 Å². The van der Waals surface area contributed by atoms with Crippen molar-refractivity contribution < 1.29 is 0 Å². The fourth-order valence-corrected chi connectivity index (χ4v) is 3.81. The Morgan fingerprint density at radius 2 is 1.72 bits per heavy atom. The van der Waals surface area contributed by atoms with E-state index < -0.39 is 0 Å². The van der Waals surface area contributed by atoms with Crippen LogP contribution in [0.25, 0.3) is 0 Å². The second kappa shape index (κ2) is 5.24. The third kappa shape index (κ3) is 2.32. The minimum absolute atomic E-state index is 0.490. The smallest absolute Gasteiger partial charge is 0.0110 e. The highest BCUT2D eigenvalue weighted by Crippen LogP contribution is 2.56. The summed E-state index contributed by atoms with van der Waals surface area (Å²) in [5, 5.41) is 0. The normalized spacial score (nSPS) is 31.4. The van der Waals surface area contributed by atoms with E-state index >= 15 is 0 Å². The molecule has 2 nitrogen and oxygen atoms in total. The Bertz CT molecular complexity index is 320. The molecule has 1 atom stereocenters. The first-order valence-electron chi connectivity index (χ1n) is 7.78. The Hall–Kier alpha value is -0.500. The highest BCUT2D eigenvalue weighted by atomic mass is 15.1. The molecule has 18 heavy (non-hydrogen) atoms. The van der Waals surface area contributed by atoms with Gasteiger partial charge in [0.25, 0.3) is 0 Å². The van der Waals surface area contributed by atoms with E-state index in [1.165, 1.54) is 50.9 Å². The van der Waals surface area contributed by atoms with Gasteiger partial charge in [-0.15, -0.1) is 0 Å². The number of piperidine rings is 1. The van der Waals surface area contributed by atoms with E-state index in [0.29, 0.717) is 5.41 Å². The summed E-state index contributed by atoms with van der Waals surface area (Å²) in [6.07, 6.45) is 6.88. The van der Waals surface area contributed by atoms with Gasteiger partial charge in [-0.05, 0) is 76.1 Å². The van der Waals surface area contributed by atoms with Crippen molar-refractivity contribution in [1.29, 1.82) is 0 Å². The van der Waals surface area contributed by atoms with Gasteiger partial charge in [-0.2, -0.15) is 0 Å². The van der Waals surface area contributed by atoms with E-state index in [2.05, 4.69) is 18.9 Å². The Balaban J connectivity index is 0.000000574. The van der Waals surface area contributed by atoms with Gasteiger partial charge in [0.05, 0.1) is 0 Å². The number of hydrogen-bond acceptors (Lipinski definition) is 2. The van der Waals surface area contributed by atoms with Crippen LogP contribution in [0.15, 0.2) is 11.3 Å². The number of nitrogens with zero attached hydrogens (tertiary/aromatic N) is 1. The molecule has 0 aromatic rings. The molecule has 2 aliphatic carbocycles. The molecule has 0 radical (unpaired) electrons. The van der Waals surface area contributed by atoms with E-state index in [9.17, 15) is 0 Å². The van der Waals surface area contributed by atoms with E-state index in [-0.39, 0.29) is 0 Å². The number of allylic oxidation sites excluding steroid dienone is 2. The fraction of sp³-hybridized carbons (Fsp3) is 0.875. The minimum Gasteiger partial charge on any atom is -0.402 e. The van der Waals surface area contributed by atoms with Gasteiger partial charge >= 0.3 is 0 Å². The molecule has 3 aliphatic rings. The van der Waals surface area contributed by atoms with Crippen molar-refractivity contribution in [3.63, 3.8) is 0 Å². The number of likely N-dealkylation sites (tertiary alicyclic amines) is 1. The molecular weight excluding hydrogens is 220 g/mol. The van der Waals surface area contributed by atoms with Gasteiger partial charge in [-0.3, -0.25) is 0 Å². The summed E-state index contributed by atoms with van der Waals surface area (Å²) in [4.78, 5) is 2.46. The van der Waals surface area contributed by atoms with Crippen molar-refractivity contribution in [2.75, 3.05) is 20.1 Å². The molecule has 2 heteroatoms. The molecule has 1 aliphatic heterocycles. The Labute approximate surface area is 113 Å². The molecule has 0 aromatic carbocycles. The first-order chi connectivity index (χ1) is 8.62. The quantitative estimate of drug-likeness (QED) is 0.773. The molecule has 1 saturated carbocycles. The van der Waals surface area contributed by atoms with Crippen molar-refractivity contribution in [2.45, 2.75) is 52.9 Å². The maximum Gasteiger partial charge on any atom is 0.0110 e. The Kier molecular flexibility index (Phi) is 4.05. The summed E-state index contributed by atoms with van der Waals surface area (Å²) in [5.74, 6) is 1.68. The van der Waals surface area contributed by atoms with Gasteiger partial charge < -0.3 is 10.6 Å². The molecule has 1 unspecified atom stereocenters. The van der Waals surface area contributed by atoms with Gasteiger partial charge in [0, 0.05) is 11.6 Å². The maximum absolute atomic E-state index is 6.37. The highest BCUT2D eigenvalue weighted by molar-refractivity contribution is 5.29. The standard InChI is InChI=1S/C14H24N2.C2H6/c1-10-13(15)12(11-3-4-11)9-14(10)5-7-16(2)8-6-14;1-2/h11-12H,3-9,15H2,1-2H3;1-2H3. The molecule has 1 saturated heterocycles. The van der Waals surface area contributed by atoms with Gasteiger partial charge in [0.15, 0.2) is 0 Å². The lowest BCUT2D eigenvalue weighted by molar-refractivity contribution is 0.143. The summed E-state index contributed by atoms with van der Waals surface area (Å²) >= 11 is 0. The van der Waals surface area contributed by atoms with Gasteiger partial charge in [-0.1, -0.05) is 13.8 Å². The van der Waals surface area contributed by atoms with Crippen LogP contribution >= 0.6 is 0 Å². The number of hydrogen-bond donors (Lipinski definition) is 1. The SMILES string of the molecule is CC.CC1=C(N)C(C2CC2)CC12CCN(C)CC2. The third-order valence-electron chi connectivity index (χ3n) is 5.37. The summed E-state index contributed by atoms with van der Waals surface area (Å²) in [6, 6.07) is 0. The molecule has 3 rings (SSSR count). The molecule has 1 heterocycles. The Morgan fingerprint density at radius 3 is 2.22 bits per heavy atom. The van der Waals surface area contributed by atoms with Crippen LogP contribution in [-0.2, 0) is 0 Å². The molecule has 0 bridgehead atoms. The predicted molar refractivity (Wildman–Crippen MR) is 78.2 cm³/mol. The van der Waals surface area contributed by atoms with Gasteiger partial charge in [0.1, 0.15) is 0 Å². The lowest BCUT2D eigenvalue weighted by Crippen LogP contribution is -2.37. The summed E-state index contributed by atoms with van der Waals surface area (Å²) in [6.45, 7) is 8.81. The minimum atomic E-state index is 0.490. The number of rotatable bonds is 1. The maximum atomic E-state index is 6.37. The third-order valence-corrected chi connectivity index (χ3v) is 5.37. The van der Waals surface area contributed by atoms with E-state index in [0.717, 1.165) is 11.8 Å². The topological polar surface area (TPSA) is 29.3 Å². The van der Waals surface area contributed by atoms with Crippen molar-refractivity contribution >= 4 is 0 Å². The van der Waals surface area contributed by atoms with Crippen LogP contribution in [0.3, 0.4) is 0 Å². The van der Waals surface area contributed by atoms with Crippen LogP contribution in [0.2, 0.25) is 0 Å². The van der Waals surface area contributed by atoms with Crippen molar-refractivity contribution in [3.8, 4) is 0 Å². The van der Waals surface area contributed by atoms with Crippen molar-refractivity contribution in [3.05, 3.63) is 11.3 Å². The van der Waals surface area contributed by atoms with Crippen molar-refractivity contribution in [2.24, 2.45) is 23.0 Å².